The molecule has 1 atom stereocenters. The Labute approximate surface area is 99.6 Å². The molecule has 17 heavy (non-hydrogen) atoms. The predicted molar refractivity (Wildman–Crippen MR) is 62.2 cm³/mol. The third-order valence-electron chi connectivity index (χ3n) is 1.69. The van der Waals surface area contributed by atoms with E-state index < -0.39 is 28.5 Å². The van der Waals surface area contributed by atoms with Crippen LogP contribution in [0.4, 0.5) is 0 Å². The molecule has 6 nitrogen and oxygen atoms in total. The molecular weight excluding hydrogens is 246 g/mol. The van der Waals surface area contributed by atoms with Gasteiger partial charge in [-0.3, -0.25) is 4.79 Å². The van der Waals surface area contributed by atoms with Crippen LogP contribution in [0, 0.1) is 0 Å². The summed E-state index contributed by atoms with van der Waals surface area (Å²) in [6.45, 7) is -0.505. The summed E-state index contributed by atoms with van der Waals surface area (Å²) in [7, 11) is -3.00. The molecule has 1 aromatic carbocycles. The summed E-state index contributed by atoms with van der Waals surface area (Å²) in [5.41, 5.74) is 4.77. The molecule has 0 aromatic heterocycles. The normalized spacial score (nSPS) is 12.2. The summed E-state index contributed by atoms with van der Waals surface area (Å²) < 4.78 is 21.7. The van der Waals surface area contributed by atoms with E-state index in [9.17, 15) is 13.2 Å². The molecule has 0 amide bonds. The number of benzene rings is 1. The highest BCUT2D eigenvalue weighted by atomic mass is 32.2. The van der Waals surface area contributed by atoms with Gasteiger partial charge < -0.3 is 15.9 Å². The van der Waals surface area contributed by atoms with E-state index in [0.29, 0.717) is 4.90 Å². The number of rotatable bonds is 3. The third-order valence-corrected chi connectivity index (χ3v) is 2.81. The zero-order chi connectivity index (χ0) is 13.5. The van der Waals surface area contributed by atoms with Gasteiger partial charge in [-0.2, -0.15) is 0 Å². The summed E-state index contributed by atoms with van der Waals surface area (Å²) in [6, 6.07) is 7.23. The first-order valence-electron chi connectivity index (χ1n) is 4.63. The van der Waals surface area contributed by atoms with Crippen LogP contribution in [0.5, 0.6) is 0 Å². The van der Waals surface area contributed by atoms with E-state index >= 15 is 0 Å². The zero-order valence-corrected chi connectivity index (χ0v) is 10.1. The lowest BCUT2D eigenvalue weighted by Crippen LogP contribution is -2.33. The summed E-state index contributed by atoms with van der Waals surface area (Å²) in [6.07, 6.45) is 1.20. The lowest BCUT2D eigenvalue weighted by Gasteiger charge is -1.96. The fourth-order valence-corrected chi connectivity index (χ4v) is 1.40. The molecule has 0 spiro atoms. The number of carboxylic acids is 1. The van der Waals surface area contributed by atoms with Crippen molar-refractivity contribution < 1.29 is 23.4 Å². The molecule has 0 radical (unpaired) electrons. The van der Waals surface area contributed by atoms with Gasteiger partial charge in [-0.1, -0.05) is 18.2 Å². The number of aliphatic hydroxyl groups is 1. The summed E-state index contributed by atoms with van der Waals surface area (Å²) in [5, 5.41) is 15.9. The number of nitrogens with two attached hydrogens (primary N) is 1. The van der Waals surface area contributed by atoms with Crippen molar-refractivity contribution >= 4 is 15.8 Å². The molecule has 0 bridgehead atoms. The molecule has 96 valence electrons. The minimum absolute atomic E-state index is 0.370. The molecule has 0 heterocycles. The van der Waals surface area contributed by atoms with Crippen LogP contribution >= 0.6 is 0 Å². The van der Waals surface area contributed by atoms with Crippen LogP contribution in [0.25, 0.3) is 0 Å². The fraction of sp³-hybridized carbons (Fsp3) is 0.300. The first-order valence-corrected chi connectivity index (χ1v) is 6.52. The van der Waals surface area contributed by atoms with Crippen LogP contribution in [-0.4, -0.2) is 43.5 Å². The van der Waals surface area contributed by atoms with Gasteiger partial charge in [-0.15, -0.1) is 0 Å². The Hall–Kier alpha value is -1.44. The van der Waals surface area contributed by atoms with Crippen molar-refractivity contribution in [1.82, 2.24) is 0 Å². The molecule has 0 aliphatic carbocycles. The highest BCUT2D eigenvalue weighted by Crippen LogP contribution is 2.05. The standard InChI is InChI=1S/C7H8O2S.C3H7NO3/c1-10(8,9)7-5-3-2-4-6-7;4-2(1-5)3(6)7/h2-6H,1H3;2,5H,1,4H2,(H,6,7)/t;2-/m.0/s1. The lowest BCUT2D eigenvalue weighted by atomic mass is 10.3. The minimum Gasteiger partial charge on any atom is -0.480 e. The largest absolute Gasteiger partial charge is 0.480 e. The predicted octanol–water partition coefficient (Wildman–Crippen LogP) is -0.519. The number of sulfone groups is 1. The maximum absolute atomic E-state index is 10.8. The van der Waals surface area contributed by atoms with Crippen molar-refractivity contribution in [3.63, 3.8) is 0 Å². The third kappa shape index (κ3) is 6.67. The van der Waals surface area contributed by atoms with Crippen molar-refractivity contribution in [3.05, 3.63) is 30.3 Å². The van der Waals surface area contributed by atoms with Crippen LogP contribution < -0.4 is 5.73 Å². The Morgan fingerprint density at radius 2 is 1.82 bits per heavy atom. The molecule has 1 aromatic rings. The van der Waals surface area contributed by atoms with Crippen LogP contribution in [0.2, 0.25) is 0 Å². The molecule has 0 unspecified atom stereocenters. The first kappa shape index (κ1) is 15.6. The Morgan fingerprint density at radius 3 is 2.00 bits per heavy atom. The van der Waals surface area contributed by atoms with Gasteiger partial charge in [-0.05, 0) is 12.1 Å². The van der Waals surface area contributed by atoms with Crippen LogP contribution in [0.15, 0.2) is 35.2 Å². The molecular formula is C10H15NO5S. The highest BCUT2D eigenvalue weighted by molar-refractivity contribution is 7.90. The van der Waals surface area contributed by atoms with E-state index in [0.717, 1.165) is 0 Å². The van der Waals surface area contributed by atoms with Gasteiger partial charge in [-0.25, -0.2) is 8.42 Å². The van der Waals surface area contributed by atoms with E-state index in [1.807, 2.05) is 0 Å². The minimum atomic E-state index is -3.00. The van der Waals surface area contributed by atoms with Gasteiger partial charge in [0.05, 0.1) is 11.5 Å². The second kappa shape index (κ2) is 7.00. The number of hydrogen-bond donors (Lipinski definition) is 3. The average Bonchev–Trinajstić information content (AvgIpc) is 2.28. The van der Waals surface area contributed by atoms with Crippen molar-refractivity contribution in [2.75, 3.05) is 12.9 Å². The SMILES string of the molecule is CS(=O)(=O)c1ccccc1.N[C@@H](CO)C(=O)O. The van der Waals surface area contributed by atoms with Crippen molar-refractivity contribution in [1.29, 1.82) is 0 Å². The summed E-state index contributed by atoms with van der Waals surface area (Å²) in [5.74, 6) is -1.18. The second-order valence-corrected chi connectivity index (χ2v) is 5.23. The number of aliphatic hydroxyl groups excluding tert-OH is 1. The molecule has 0 saturated carbocycles. The van der Waals surface area contributed by atoms with E-state index in [4.69, 9.17) is 15.9 Å². The van der Waals surface area contributed by atoms with E-state index in [1.54, 1.807) is 30.3 Å². The molecule has 0 aliphatic heterocycles. The Balaban J connectivity index is 0.000000325. The van der Waals surface area contributed by atoms with E-state index in [1.165, 1.54) is 6.26 Å². The van der Waals surface area contributed by atoms with Crippen molar-refractivity contribution in [2.24, 2.45) is 5.73 Å². The molecule has 0 aliphatic rings. The van der Waals surface area contributed by atoms with Crippen molar-refractivity contribution in [3.8, 4) is 0 Å². The van der Waals surface area contributed by atoms with Gasteiger partial charge in [0, 0.05) is 6.26 Å². The number of aliphatic carboxylic acids is 1. The maximum atomic E-state index is 10.8. The fourth-order valence-electron chi connectivity index (χ4n) is 0.746. The highest BCUT2D eigenvalue weighted by Gasteiger charge is 2.07. The molecule has 0 saturated heterocycles. The van der Waals surface area contributed by atoms with Gasteiger partial charge in [0.25, 0.3) is 0 Å². The van der Waals surface area contributed by atoms with Crippen LogP contribution in [0.1, 0.15) is 0 Å². The molecule has 0 fully saturated rings. The van der Waals surface area contributed by atoms with Crippen LogP contribution in [0.3, 0.4) is 0 Å². The Kier molecular flexibility index (Phi) is 6.40. The maximum Gasteiger partial charge on any atom is 0.322 e. The number of carbonyl (C=O) groups is 1. The summed E-state index contributed by atoms with van der Waals surface area (Å²) >= 11 is 0. The second-order valence-electron chi connectivity index (χ2n) is 3.21. The van der Waals surface area contributed by atoms with Gasteiger partial charge in [0.1, 0.15) is 6.04 Å². The smallest absolute Gasteiger partial charge is 0.322 e. The first-order chi connectivity index (χ1) is 7.79. The number of carboxylic acid groups (broad SMARTS) is 1. The van der Waals surface area contributed by atoms with Gasteiger partial charge in [0.15, 0.2) is 9.84 Å². The van der Waals surface area contributed by atoms with E-state index in [-0.39, 0.29) is 0 Å². The average molecular weight is 261 g/mol. The Bertz CT molecular complexity index is 443. The molecule has 1 rings (SSSR count). The topological polar surface area (TPSA) is 118 Å². The molecule has 7 heteroatoms. The lowest BCUT2D eigenvalue weighted by molar-refractivity contribution is -0.139. The van der Waals surface area contributed by atoms with Gasteiger partial charge >= 0.3 is 5.97 Å². The van der Waals surface area contributed by atoms with Crippen molar-refractivity contribution in [2.45, 2.75) is 10.9 Å². The quantitative estimate of drug-likeness (QED) is 0.674. The molecule has 4 N–H and O–H groups in total. The summed E-state index contributed by atoms with van der Waals surface area (Å²) in [4.78, 5) is 10.0. The van der Waals surface area contributed by atoms with Crippen LogP contribution in [-0.2, 0) is 14.6 Å². The van der Waals surface area contributed by atoms with Gasteiger partial charge in [0.2, 0.25) is 0 Å². The van der Waals surface area contributed by atoms with E-state index in [2.05, 4.69) is 0 Å². The Morgan fingerprint density at radius 1 is 1.35 bits per heavy atom. The number of hydrogen-bond acceptors (Lipinski definition) is 5. The zero-order valence-electron chi connectivity index (χ0n) is 9.28. The monoisotopic (exact) mass is 261 g/mol.